The Bertz CT molecular complexity index is 499. The molecule has 120 valence electrons. The van der Waals surface area contributed by atoms with Crippen LogP contribution >= 0.6 is 0 Å². The first kappa shape index (κ1) is 16.5. The van der Waals surface area contributed by atoms with E-state index in [0.717, 1.165) is 49.7 Å². The SMILES string of the molecule is CCCCOC(=O)c1ccc(C(=O)OCCCC)c2c1CC2. The fourth-order valence-electron chi connectivity index (χ4n) is 2.49. The van der Waals surface area contributed by atoms with Gasteiger partial charge in [0.25, 0.3) is 0 Å². The summed E-state index contributed by atoms with van der Waals surface area (Å²) in [6, 6.07) is 3.39. The van der Waals surface area contributed by atoms with Crippen LogP contribution < -0.4 is 0 Å². The van der Waals surface area contributed by atoms with Crippen LogP contribution in [0, 0.1) is 0 Å². The van der Waals surface area contributed by atoms with Crippen LogP contribution in [0.3, 0.4) is 0 Å². The summed E-state index contributed by atoms with van der Waals surface area (Å²) in [6.07, 6.45) is 5.38. The van der Waals surface area contributed by atoms with Gasteiger partial charge in [0.2, 0.25) is 0 Å². The largest absolute Gasteiger partial charge is 0.462 e. The number of hydrogen-bond donors (Lipinski definition) is 0. The standard InChI is InChI=1S/C18H24O4/c1-3-5-11-21-17(19)15-9-10-16(14-8-7-13(14)15)18(20)22-12-6-4-2/h9-10H,3-8,11-12H2,1-2H3. The van der Waals surface area contributed by atoms with Gasteiger partial charge in [0.1, 0.15) is 0 Å². The molecule has 0 aliphatic heterocycles. The summed E-state index contributed by atoms with van der Waals surface area (Å²) < 4.78 is 10.5. The second-order valence-electron chi connectivity index (χ2n) is 5.60. The molecule has 0 N–H and O–H groups in total. The van der Waals surface area contributed by atoms with E-state index in [2.05, 4.69) is 13.8 Å². The highest BCUT2D eigenvalue weighted by molar-refractivity contribution is 5.97. The van der Waals surface area contributed by atoms with Crippen LogP contribution in [0.2, 0.25) is 0 Å². The zero-order chi connectivity index (χ0) is 15.9. The van der Waals surface area contributed by atoms with E-state index in [0.29, 0.717) is 24.3 Å². The smallest absolute Gasteiger partial charge is 0.338 e. The van der Waals surface area contributed by atoms with Crippen LogP contribution in [0.25, 0.3) is 0 Å². The van der Waals surface area contributed by atoms with Gasteiger partial charge in [-0.05, 0) is 48.9 Å². The molecular formula is C18H24O4. The van der Waals surface area contributed by atoms with Gasteiger partial charge in [-0.3, -0.25) is 0 Å². The van der Waals surface area contributed by atoms with Crippen LogP contribution in [0.4, 0.5) is 0 Å². The summed E-state index contributed by atoms with van der Waals surface area (Å²) >= 11 is 0. The van der Waals surface area contributed by atoms with Crippen LogP contribution in [-0.2, 0) is 22.3 Å². The maximum atomic E-state index is 12.1. The molecule has 0 saturated carbocycles. The Morgan fingerprint density at radius 1 is 0.864 bits per heavy atom. The number of rotatable bonds is 8. The summed E-state index contributed by atoms with van der Waals surface area (Å²) in [7, 11) is 0. The lowest BCUT2D eigenvalue weighted by Crippen LogP contribution is -2.22. The van der Waals surface area contributed by atoms with E-state index in [4.69, 9.17) is 9.47 Å². The highest BCUT2D eigenvalue weighted by Gasteiger charge is 2.27. The minimum Gasteiger partial charge on any atom is -0.462 e. The molecule has 0 aromatic heterocycles. The Labute approximate surface area is 131 Å². The van der Waals surface area contributed by atoms with Crippen LogP contribution in [0.15, 0.2) is 12.1 Å². The maximum absolute atomic E-state index is 12.1. The molecular weight excluding hydrogens is 280 g/mol. The lowest BCUT2D eigenvalue weighted by Gasteiger charge is -2.24. The van der Waals surface area contributed by atoms with Gasteiger partial charge in [-0.1, -0.05) is 26.7 Å². The number of carbonyl (C=O) groups is 2. The molecule has 1 aromatic rings. The predicted molar refractivity (Wildman–Crippen MR) is 84.2 cm³/mol. The number of unbranched alkanes of at least 4 members (excludes halogenated alkanes) is 2. The zero-order valence-corrected chi connectivity index (χ0v) is 13.4. The zero-order valence-electron chi connectivity index (χ0n) is 13.4. The fraction of sp³-hybridized carbons (Fsp3) is 0.556. The number of ether oxygens (including phenoxy) is 2. The summed E-state index contributed by atoms with van der Waals surface area (Å²) in [4.78, 5) is 24.2. The molecule has 4 heteroatoms. The number of fused-ring (bicyclic) bond motifs is 1. The summed E-state index contributed by atoms with van der Waals surface area (Å²) in [6.45, 7) is 5.01. The van der Waals surface area contributed by atoms with Crippen molar-refractivity contribution in [1.29, 1.82) is 0 Å². The Morgan fingerprint density at radius 2 is 1.27 bits per heavy atom. The van der Waals surface area contributed by atoms with Crippen molar-refractivity contribution in [1.82, 2.24) is 0 Å². The fourth-order valence-corrected chi connectivity index (χ4v) is 2.49. The summed E-state index contributed by atoms with van der Waals surface area (Å²) in [5.74, 6) is -0.564. The minimum atomic E-state index is -0.282. The molecule has 0 spiro atoms. The van der Waals surface area contributed by atoms with E-state index >= 15 is 0 Å². The third-order valence-electron chi connectivity index (χ3n) is 3.96. The van der Waals surface area contributed by atoms with E-state index in [9.17, 15) is 9.59 Å². The van der Waals surface area contributed by atoms with E-state index in [-0.39, 0.29) is 11.9 Å². The van der Waals surface area contributed by atoms with E-state index in [1.54, 1.807) is 12.1 Å². The van der Waals surface area contributed by atoms with E-state index in [1.807, 2.05) is 0 Å². The molecule has 0 amide bonds. The van der Waals surface area contributed by atoms with Gasteiger partial charge in [0.05, 0.1) is 24.3 Å². The minimum absolute atomic E-state index is 0.282. The van der Waals surface area contributed by atoms with E-state index < -0.39 is 0 Å². The third-order valence-corrected chi connectivity index (χ3v) is 3.96. The van der Waals surface area contributed by atoms with Crippen molar-refractivity contribution in [3.8, 4) is 0 Å². The van der Waals surface area contributed by atoms with Gasteiger partial charge in [-0.25, -0.2) is 9.59 Å². The molecule has 0 fully saturated rings. The van der Waals surface area contributed by atoms with Crippen molar-refractivity contribution < 1.29 is 19.1 Å². The molecule has 0 unspecified atom stereocenters. The second kappa shape index (κ2) is 7.97. The Balaban J connectivity index is 2.06. The molecule has 0 bridgehead atoms. The highest BCUT2D eigenvalue weighted by Crippen LogP contribution is 2.31. The average Bonchev–Trinajstić information content (AvgIpc) is 2.48. The van der Waals surface area contributed by atoms with Gasteiger partial charge in [-0.15, -0.1) is 0 Å². The average molecular weight is 304 g/mol. The molecule has 1 aliphatic rings. The molecule has 0 heterocycles. The lowest BCUT2D eigenvalue weighted by molar-refractivity contribution is 0.0481. The Morgan fingerprint density at radius 3 is 1.59 bits per heavy atom. The van der Waals surface area contributed by atoms with Crippen LogP contribution in [0.1, 0.15) is 71.4 Å². The first-order valence-corrected chi connectivity index (χ1v) is 8.18. The monoisotopic (exact) mass is 304 g/mol. The van der Waals surface area contributed by atoms with Gasteiger partial charge in [0, 0.05) is 0 Å². The molecule has 0 radical (unpaired) electrons. The van der Waals surface area contributed by atoms with Crippen molar-refractivity contribution in [2.75, 3.05) is 13.2 Å². The van der Waals surface area contributed by atoms with Gasteiger partial charge >= 0.3 is 11.9 Å². The highest BCUT2D eigenvalue weighted by atomic mass is 16.5. The Kier molecular flexibility index (Phi) is 5.99. The number of esters is 2. The summed E-state index contributed by atoms with van der Waals surface area (Å²) in [5.41, 5.74) is 3.10. The molecule has 4 nitrogen and oxygen atoms in total. The van der Waals surface area contributed by atoms with Crippen molar-refractivity contribution in [2.45, 2.75) is 52.4 Å². The first-order valence-electron chi connectivity index (χ1n) is 8.18. The number of carbonyl (C=O) groups excluding carboxylic acids is 2. The van der Waals surface area contributed by atoms with Crippen molar-refractivity contribution in [3.63, 3.8) is 0 Å². The number of benzene rings is 1. The molecule has 2 rings (SSSR count). The van der Waals surface area contributed by atoms with Gasteiger partial charge in [-0.2, -0.15) is 0 Å². The molecule has 0 saturated heterocycles. The number of hydrogen-bond acceptors (Lipinski definition) is 4. The third kappa shape index (κ3) is 3.67. The summed E-state index contributed by atoms with van der Waals surface area (Å²) in [5, 5.41) is 0. The van der Waals surface area contributed by atoms with Crippen molar-refractivity contribution >= 4 is 11.9 Å². The van der Waals surface area contributed by atoms with Crippen molar-refractivity contribution in [3.05, 3.63) is 34.4 Å². The molecule has 22 heavy (non-hydrogen) atoms. The first-order chi connectivity index (χ1) is 10.7. The molecule has 1 aliphatic carbocycles. The molecule has 1 aromatic carbocycles. The van der Waals surface area contributed by atoms with Crippen molar-refractivity contribution in [2.24, 2.45) is 0 Å². The van der Waals surface area contributed by atoms with Gasteiger partial charge < -0.3 is 9.47 Å². The predicted octanol–water partition coefficient (Wildman–Crippen LogP) is 3.70. The van der Waals surface area contributed by atoms with Gasteiger partial charge in [0.15, 0.2) is 0 Å². The Hall–Kier alpha value is -1.84. The maximum Gasteiger partial charge on any atom is 0.338 e. The van der Waals surface area contributed by atoms with Crippen LogP contribution in [-0.4, -0.2) is 25.2 Å². The molecule has 0 atom stereocenters. The second-order valence-corrected chi connectivity index (χ2v) is 5.60. The quantitative estimate of drug-likeness (QED) is 0.543. The van der Waals surface area contributed by atoms with E-state index in [1.165, 1.54) is 0 Å². The lowest BCUT2D eigenvalue weighted by atomic mass is 9.81. The topological polar surface area (TPSA) is 52.6 Å². The normalized spacial score (nSPS) is 12.3. The van der Waals surface area contributed by atoms with Crippen LogP contribution in [0.5, 0.6) is 0 Å².